The fourth-order valence-corrected chi connectivity index (χ4v) is 5.16. The van der Waals surface area contributed by atoms with E-state index in [0.717, 1.165) is 25.7 Å². The smallest absolute Gasteiger partial charge is 0.235 e. The second-order valence-corrected chi connectivity index (χ2v) is 7.17. The number of halogens is 1. The van der Waals surface area contributed by atoms with E-state index in [1.165, 1.54) is 8.99 Å². The number of hydrogen-bond donors (Lipinski definition) is 0. The van der Waals surface area contributed by atoms with Gasteiger partial charge in [0.1, 0.15) is 0 Å². The van der Waals surface area contributed by atoms with Crippen LogP contribution in [0.4, 0.5) is 0 Å². The molecule has 0 amide bonds. The molecule has 1 aliphatic rings. The average molecular weight is 349 g/mol. The zero-order chi connectivity index (χ0) is 14.0. The zero-order valence-electron chi connectivity index (χ0n) is 10.8. The molecule has 1 aromatic rings. The van der Waals surface area contributed by atoms with Gasteiger partial charge in [-0.1, -0.05) is 24.1 Å². The van der Waals surface area contributed by atoms with Crippen LogP contribution in [0.25, 0.3) is 0 Å². The van der Waals surface area contributed by atoms with Crippen molar-refractivity contribution in [2.75, 3.05) is 6.54 Å². The average Bonchev–Trinajstić information content (AvgIpc) is 2.96. The van der Waals surface area contributed by atoms with E-state index < -0.39 is 10.0 Å². The van der Waals surface area contributed by atoms with Crippen molar-refractivity contribution in [1.82, 2.24) is 19.3 Å². The van der Waals surface area contributed by atoms with Crippen molar-refractivity contribution in [3.8, 4) is 0 Å². The topological polar surface area (TPSA) is 68.1 Å². The van der Waals surface area contributed by atoms with Crippen molar-refractivity contribution < 1.29 is 8.42 Å². The first-order valence-corrected chi connectivity index (χ1v) is 8.39. The molecule has 2 rings (SSSR count). The first-order valence-electron chi connectivity index (χ1n) is 6.16. The summed E-state index contributed by atoms with van der Waals surface area (Å²) in [5, 5.41) is 7.59. The molecule has 1 aromatic heterocycles. The van der Waals surface area contributed by atoms with E-state index in [2.05, 4.69) is 32.8 Å². The summed E-state index contributed by atoms with van der Waals surface area (Å²) in [7, 11) is -2.04. The Kier molecular flexibility index (Phi) is 4.42. The number of hydrogen-bond acceptors (Lipinski definition) is 4. The summed E-state index contributed by atoms with van der Waals surface area (Å²) in [6.07, 6.45) is 5.55. The molecule has 0 spiro atoms. The molecule has 8 heteroatoms. The van der Waals surface area contributed by atoms with Crippen LogP contribution in [0.3, 0.4) is 0 Å². The van der Waals surface area contributed by atoms with Crippen LogP contribution in [0.2, 0.25) is 0 Å². The van der Waals surface area contributed by atoms with Gasteiger partial charge in [-0.15, -0.1) is 11.7 Å². The summed E-state index contributed by atoms with van der Waals surface area (Å²) < 4.78 is 28.6. The summed E-state index contributed by atoms with van der Waals surface area (Å²) in [5.41, 5.74) is 0. The van der Waals surface area contributed by atoms with Gasteiger partial charge in [0.15, 0.2) is 4.60 Å². The molecule has 0 N–H and O–H groups in total. The van der Waals surface area contributed by atoms with Gasteiger partial charge in [-0.25, -0.2) is 13.1 Å². The minimum atomic E-state index is -3.61. The predicted octanol–water partition coefficient (Wildman–Crippen LogP) is 1.70. The second-order valence-electron chi connectivity index (χ2n) is 4.61. The van der Waals surface area contributed by atoms with E-state index in [-0.39, 0.29) is 15.7 Å². The lowest BCUT2D eigenvalue weighted by Crippen LogP contribution is -2.39. The number of sulfonamides is 1. The third kappa shape index (κ3) is 2.75. The Balaban J connectivity index is 2.42. The Morgan fingerprint density at radius 3 is 2.63 bits per heavy atom. The van der Waals surface area contributed by atoms with Crippen LogP contribution in [0.1, 0.15) is 25.7 Å². The molecule has 106 valence electrons. The van der Waals surface area contributed by atoms with Gasteiger partial charge in [-0.2, -0.15) is 4.31 Å². The molecule has 1 aliphatic carbocycles. The second kappa shape index (κ2) is 5.72. The highest BCUT2D eigenvalue weighted by Crippen LogP contribution is 2.30. The van der Waals surface area contributed by atoms with Gasteiger partial charge in [-0.05, 0) is 28.8 Å². The van der Waals surface area contributed by atoms with Gasteiger partial charge in [0.25, 0.3) is 10.0 Å². The Morgan fingerprint density at radius 1 is 1.53 bits per heavy atom. The van der Waals surface area contributed by atoms with Crippen molar-refractivity contribution in [3.63, 3.8) is 0 Å². The van der Waals surface area contributed by atoms with Crippen LogP contribution in [-0.2, 0) is 17.1 Å². The van der Waals surface area contributed by atoms with Crippen LogP contribution >= 0.6 is 15.9 Å². The highest BCUT2D eigenvalue weighted by Gasteiger charge is 2.36. The van der Waals surface area contributed by atoms with Gasteiger partial charge in [0.2, 0.25) is 5.03 Å². The monoisotopic (exact) mass is 348 g/mol. The van der Waals surface area contributed by atoms with Gasteiger partial charge in [-0.3, -0.25) is 0 Å². The highest BCUT2D eigenvalue weighted by atomic mass is 79.9. The van der Waals surface area contributed by atoms with Gasteiger partial charge in [0.05, 0.1) is 0 Å². The Bertz CT molecular complexity index is 544. The molecule has 0 aliphatic heterocycles. The molecular weight excluding hydrogens is 332 g/mol. The zero-order valence-corrected chi connectivity index (χ0v) is 13.2. The maximum Gasteiger partial charge on any atom is 0.263 e. The van der Waals surface area contributed by atoms with E-state index in [1.54, 1.807) is 13.1 Å². The van der Waals surface area contributed by atoms with Crippen molar-refractivity contribution in [3.05, 3.63) is 17.3 Å². The molecular formula is C11H17BrN4O2S. The minimum absolute atomic E-state index is 0.0461. The van der Waals surface area contributed by atoms with E-state index in [1.807, 2.05) is 0 Å². The predicted molar refractivity (Wildman–Crippen MR) is 75.0 cm³/mol. The quantitative estimate of drug-likeness (QED) is 0.759. The standard InChI is InChI=1S/C11H17BrN4O2S/c1-3-8-16(9-6-4-5-7-9)19(17,18)11-10(12)13-14-15(11)2/h3,9H,1,4-8H2,2H3. The van der Waals surface area contributed by atoms with Gasteiger partial charge in [0, 0.05) is 19.6 Å². The summed E-state index contributed by atoms with van der Waals surface area (Å²) in [6, 6.07) is 0.0461. The van der Waals surface area contributed by atoms with Gasteiger partial charge >= 0.3 is 0 Å². The largest absolute Gasteiger partial charge is 0.263 e. The third-order valence-electron chi connectivity index (χ3n) is 3.33. The summed E-state index contributed by atoms with van der Waals surface area (Å²) >= 11 is 3.15. The Morgan fingerprint density at radius 2 is 2.16 bits per heavy atom. The van der Waals surface area contributed by atoms with Gasteiger partial charge < -0.3 is 0 Å². The number of nitrogens with zero attached hydrogens (tertiary/aromatic N) is 4. The van der Waals surface area contributed by atoms with Crippen LogP contribution in [0, 0.1) is 0 Å². The van der Waals surface area contributed by atoms with Crippen molar-refractivity contribution >= 4 is 26.0 Å². The fraction of sp³-hybridized carbons (Fsp3) is 0.636. The minimum Gasteiger partial charge on any atom is -0.235 e. The fourth-order valence-electron chi connectivity index (χ4n) is 2.47. The lowest BCUT2D eigenvalue weighted by molar-refractivity contribution is 0.344. The number of aryl methyl sites for hydroxylation is 1. The first-order chi connectivity index (χ1) is 8.98. The molecule has 0 atom stereocenters. The van der Waals surface area contributed by atoms with Crippen molar-refractivity contribution in [1.29, 1.82) is 0 Å². The third-order valence-corrected chi connectivity index (χ3v) is 6.14. The van der Waals surface area contributed by atoms with E-state index in [0.29, 0.717) is 6.54 Å². The molecule has 0 bridgehead atoms. The first kappa shape index (κ1) is 14.7. The molecule has 0 aromatic carbocycles. The molecule has 19 heavy (non-hydrogen) atoms. The van der Waals surface area contributed by atoms with Crippen molar-refractivity contribution in [2.24, 2.45) is 7.05 Å². The van der Waals surface area contributed by atoms with Crippen LogP contribution < -0.4 is 0 Å². The molecule has 0 radical (unpaired) electrons. The Labute approximate surface area is 121 Å². The maximum absolute atomic E-state index is 12.8. The SMILES string of the molecule is C=CCN(C1CCCC1)S(=O)(=O)c1c(Br)nnn1C. The number of aromatic nitrogens is 3. The molecule has 1 saturated carbocycles. The summed E-state index contributed by atoms with van der Waals surface area (Å²) in [4.78, 5) is 0. The summed E-state index contributed by atoms with van der Waals surface area (Å²) in [5.74, 6) is 0. The van der Waals surface area contributed by atoms with E-state index in [9.17, 15) is 8.42 Å². The highest BCUT2D eigenvalue weighted by molar-refractivity contribution is 9.10. The molecule has 0 unspecified atom stereocenters. The van der Waals surface area contributed by atoms with Crippen LogP contribution in [0.15, 0.2) is 22.3 Å². The molecule has 1 fully saturated rings. The lowest BCUT2D eigenvalue weighted by Gasteiger charge is -2.26. The van der Waals surface area contributed by atoms with Crippen molar-refractivity contribution in [2.45, 2.75) is 36.8 Å². The van der Waals surface area contributed by atoms with Crippen LogP contribution in [0.5, 0.6) is 0 Å². The van der Waals surface area contributed by atoms with Crippen LogP contribution in [-0.4, -0.2) is 40.3 Å². The molecule has 0 saturated heterocycles. The maximum atomic E-state index is 12.8. The van der Waals surface area contributed by atoms with E-state index >= 15 is 0 Å². The van der Waals surface area contributed by atoms with E-state index in [4.69, 9.17) is 0 Å². The summed E-state index contributed by atoms with van der Waals surface area (Å²) in [6.45, 7) is 3.97. The Hall–Kier alpha value is -0.730. The molecule has 1 heterocycles. The molecule has 6 nitrogen and oxygen atoms in total. The normalized spacial score (nSPS) is 17.2. The lowest BCUT2D eigenvalue weighted by atomic mass is 10.2. The number of rotatable bonds is 5.